The molecule has 1 fully saturated rings. The van der Waals surface area contributed by atoms with Crippen LogP contribution in [0.4, 0.5) is 5.82 Å². The molecule has 0 radical (unpaired) electrons. The summed E-state index contributed by atoms with van der Waals surface area (Å²) in [6.07, 6.45) is 7.24. The molecule has 0 aliphatic carbocycles. The molecule has 4 rings (SSSR count). The van der Waals surface area contributed by atoms with Gasteiger partial charge in [-0.2, -0.15) is 5.10 Å². The lowest BCUT2D eigenvalue weighted by Gasteiger charge is -2.33. The van der Waals surface area contributed by atoms with Gasteiger partial charge in [-0.1, -0.05) is 6.92 Å². The van der Waals surface area contributed by atoms with Crippen LogP contribution in [-0.2, 0) is 13.5 Å². The van der Waals surface area contributed by atoms with E-state index < -0.39 is 0 Å². The van der Waals surface area contributed by atoms with Crippen LogP contribution in [0.15, 0.2) is 23.4 Å². The van der Waals surface area contributed by atoms with Crippen molar-refractivity contribution in [2.24, 2.45) is 7.05 Å². The first-order valence-electron chi connectivity index (χ1n) is 9.14. The molecule has 0 aromatic carbocycles. The summed E-state index contributed by atoms with van der Waals surface area (Å²) in [6.45, 7) is 3.86. The maximum Gasteiger partial charge on any atom is 0.250 e. The summed E-state index contributed by atoms with van der Waals surface area (Å²) in [6, 6.07) is 1.61. The zero-order valence-corrected chi connectivity index (χ0v) is 15.1. The number of rotatable bonds is 4. The second-order valence-corrected chi connectivity index (χ2v) is 6.84. The predicted molar refractivity (Wildman–Crippen MR) is 99.3 cm³/mol. The second kappa shape index (κ2) is 6.86. The quantitative estimate of drug-likeness (QED) is 0.769. The minimum atomic E-state index is -0.103. The van der Waals surface area contributed by atoms with E-state index in [1.807, 2.05) is 13.2 Å². The van der Waals surface area contributed by atoms with Crippen molar-refractivity contribution < 1.29 is 0 Å². The lowest BCUT2D eigenvalue weighted by Crippen LogP contribution is -2.36. The summed E-state index contributed by atoms with van der Waals surface area (Å²) >= 11 is 0. The van der Waals surface area contributed by atoms with E-state index in [0.29, 0.717) is 0 Å². The van der Waals surface area contributed by atoms with E-state index in [9.17, 15) is 4.79 Å². The van der Waals surface area contributed by atoms with Gasteiger partial charge in [0.25, 0.3) is 5.56 Å². The van der Waals surface area contributed by atoms with Crippen molar-refractivity contribution >= 4 is 16.9 Å². The molecule has 1 unspecified atom stereocenters. The van der Waals surface area contributed by atoms with E-state index in [2.05, 4.69) is 31.9 Å². The third-order valence-electron chi connectivity index (χ3n) is 4.93. The van der Waals surface area contributed by atoms with Gasteiger partial charge in [0.05, 0.1) is 23.6 Å². The van der Waals surface area contributed by atoms with E-state index in [-0.39, 0.29) is 11.5 Å². The van der Waals surface area contributed by atoms with Crippen LogP contribution < -0.4 is 10.5 Å². The maximum atomic E-state index is 11.6. The number of H-pyrrole nitrogens is 1. The molecule has 1 aliphatic heterocycles. The third kappa shape index (κ3) is 3.07. The van der Waals surface area contributed by atoms with Gasteiger partial charge < -0.3 is 9.88 Å². The Hall–Kier alpha value is -2.77. The summed E-state index contributed by atoms with van der Waals surface area (Å²) in [5.41, 5.74) is 1.62. The van der Waals surface area contributed by atoms with E-state index in [1.165, 1.54) is 6.33 Å². The zero-order valence-electron chi connectivity index (χ0n) is 15.1. The Morgan fingerprint density at radius 1 is 1.35 bits per heavy atom. The predicted octanol–water partition coefficient (Wildman–Crippen LogP) is 1.78. The van der Waals surface area contributed by atoms with E-state index in [1.54, 1.807) is 10.7 Å². The van der Waals surface area contributed by atoms with E-state index >= 15 is 0 Å². The van der Waals surface area contributed by atoms with Gasteiger partial charge >= 0.3 is 0 Å². The average Bonchev–Trinajstić information content (AvgIpc) is 3.03. The molecule has 8 heteroatoms. The van der Waals surface area contributed by atoms with Gasteiger partial charge in [-0.3, -0.25) is 9.48 Å². The van der Waals surface area contributed by atoms with Crippen LogP contribution in [0, 0.1) is 0 Å². The first-order valence-corrected chi connectivity index (χ1v) is 9.14. The molecular weight excluding hydrogens is 330 g/mol. The molecule has 4 heterocycles. The Kier molecular flexibility index (Phi) is 4.40. The number of piperidine rings is 1. The largest absolute Gasteiger partial charge is 0.355 e. The lowest BCUT2D eigenvalue weighted by molar-refractivity contribution is 0.498. The lowest BCUT2D eigenvalue weighted by atomic mass is 9.94. The number of nitrogens with one attached hydrogen (secondary N) is 1. The van der Waals surface area contributed by atoms with Gasteiger partial charge in [0, 0.05) is 38.5 Å². The monoisotopic (exact) mass is 353 g/mol. The molecule has 1 aliphatic rings. The number of hydrogen-bond acceptors (Lipinski definition) is 6. The molecule has 3 aromatic heterocycles. The van der Waals surface area contributed by atoms with Crippen molar-refractivity contribution in [3.63, 3.8) is 0 Å². The summed E-state index contributed by atoms with van der Waals surface area (Å²) in [5.74, 6) is 2.03. The fourth-order valence-electron chi connectivity index (χ4n) is 3.65. The Bertz CT molecular complexity index is 977. The van der Waals surface area contributed by atoms with Crippen LogP contribution in [0.25, 0.3) is 11.0 Å². The molecular formula is C18H23N7O. The molecule has 8 nitrogen and oxygen atoms in total. The summed E-state index contributed by atoms with van der Waals surface area (Å²) in [4.78, 5) is 30.4. The number of anilines is 1. The Morgan fingerprint density at radius 3 is 3.04 bits per heavy atom. The van der Waals surface area contributed by atoms with Crippen LogP contribution in [0.5, 0.6) is 0 Å². The molecule has 136 valence electrons. The molecule has 0 amide bonds. The minimum absolute atomic E-state index is 0.103. The number of hydrogen-bond donors (Lipinski definition) is 1. The van der Waals surface area contributed by atoms with Crippen LogP contribution in [0.1, 0.15) is 43.6 Å². The van der Waals surface area contributed by atoms with Crippen LogP contribution >= 0.6 is 0 Å². The van der Waals surface area contributed by atoms with Crippen molar-refractivity contribution in [2.45, 2.75) is 38.5 Å². The minimum Gasteiger partial charge on any atom is -0.355 e. The highest BCUT2D eigenvalue weighted by molar-refractivity contribution is 5.87. The highest BCUT2D eigenvalue weighted by Crippen LogP contribution is 2.31. The van der Waals surface area contributed by atoms with Crippen LogP contribution in [-0.4, -0.2) is 42.8 Å². The molecule has 1 saturated heterocycles. The fourth-order valence-corrected chi connectivity index (χ4v) is 3.65. The summed E-state index contributed by atoms with van der Waals surface area (Å²) in [7, 11) is 1.91. The number of fused-ring (bicyclic) bond motifs is 1. The third-order valence-corrected chi connectivity index (χ3v) is 4.93. The van der Waals surface area contributed by atoms with Gasteiger partial charge in [-0.05, 0) is 19.3 Å². The number of aryl methyl sites for hydroxylation is 2. The highest BCUT2D eigenvalue weighted by atomic mass is 16.1. The summed E-state index contributed by atoms with van der Waals surface area (Å²) in [5, 5.41) is 5.35. The van der Waals surface area contributed by atoms with E-state index in [0.717, 1.165) is 67.1 Å². The zero-order chi connectivity index (χ0) is 18.1. The van der Waals surface area contributed by atoms with Crippen molar-refractivity contribution in [1.82, 2.24) is 29.7 Å². The first-order chi connectivity index (χ1) is 12.7. The Balaban J connectivity index is 1.71. The topological polar surface area (TPSA) is 92.6 Å². The van der Waals surface area contributed by atoms with Gasteiger partial charge in [0.2, 0.25) is 0 Å². The Morgan fingerprint density at radius 2 is 2.23 bits per heavy atom. The van der Waals surface area contributed by atoms with Crippen molar-refractivity contribution in [3.8, 4) is 0 Å². The summed E-state index contributed by atoms with van der Waals surface area (Å²) < 4.78 is 1.80. The molecule has 3 aromatic rings. The molecule has 0 spiro atoms. The molecule has 0 bridgehead atoms. The smallest absolute Gasteiger partial charge is 0.250 e. The number of aromatic nitrogens is 6. The molecule has 1 N–H and O–H groups in total. The SMILES string of the molecule is CCCc1nc(N2CCCC(c3cc(=O)[nH]cn3)C2)c2cnn(C)c2n1. The number of nitrogens with zero attached hydrogens (tertiary/aromatic N) is 6. The normalized spacial score (nSPS) is 17.8. The van der Waals surface area contributed by atoms with Crippen molar-refractivity contribution in [1.29, 1.82) is 0 Å². The maximum absolute atomic E-state index is 11.6. The van der Waals surface area contributed by atoms with Gasteiger partial charge in [-0.25, -0.2) is 15.0 Å². The molecule has 1 atom stereocenters. The van der Waals surface area contributed by atoms with Gasteiger partial charge in [-0.15, -0.1) is 0 Å². The van der Waals surface area contributed by atoms with Crippen LogP contribution in [0.2, 0.25) is 0 Å². The van der Waals surface area contributed by atoms with Crippen molar-refractivity contribution in [2.75, 3.05) is 18.0 Å². The second-order valence-electron chi connectivity index (χ2n) is 6.84. The Labute approximate surface area is 151 Å². The average molecular weight is 353 g/mol. The standard InChI is InChI=1S/C18H23N7O/c1-3-5-15-22-17-13(9-21-24(17)2)18(23-15)25-7-4-6-12(10-25)14-8-16(26)20-11-19-14/h8-9,11-12H,3-7,10H2,1-2H3,(H,19,20,26). The highest BCUT2D eigenvalue weighted by Gasteiger charge is 2.26. The number of aromatic amines is 1. The molecule has 26 heavy (non-hydrogen) atoms. The first kappa shape index (κ1) is 16.7. The fraction of sp³-hybridized carbons (Fsp3) is 0.500. The van der Waals surface area contributed by atoms with Gasteiger partial charge in [0.1, 0.15) is 11.6 Å². The van der Waals surface area contributed by atoms with Crippen molar-refractivity contribution in [3.05, 3.63) is 40.5 Å². The van der Waals surface area contributed by atoms with Gasteiger partial charge in [0.15, 0.2) is 5.65 Å². The molecule has 0 saturated carbocycles. The van der Waals surface area contributed by atoms with Crippen LogP contribution in [0.3, 0.4) is 0 Å². The van der Waals surface area contributed by atoms with E-state index in [4.69, 9.17) is 4.98 Å².